The summed E-state index contributed by atoms with van der Waals surface area (Å²) in [5.74, 6) is -1.48. The van der Waals surface area contributed by atoms with Gasteiger partial charge in [0.15, 0.2) is 14.1 Å². The summed E-state index contributed by atoms with van der Waals surface area (Å²) >= 11 is 0. The van der Waals surface area contributed by atoms with Crippen molar-refractivity contribution in [2.75, 3.05) is 0 Å². The van der Waals surface area contributed by atoms with Crippen LogP contribution in [-0.2, 0) is 23.5 Å². The van der Waals surface area contributed by atoms with Crippen LogP contribution in [0, 0.1) is 23.2 Å². The Balaban J connectivity index is 1.74. The van der Waals surface area contributed by atoms with Crippen molar-refractivity contribution in [2.45, 2.75) is 77.6 Å². The van der Waals surface area contributed by atoms with Gasteiger partial charge in [-0.3, -0.25) is 14.4 Å². The molecule has 5 atom stereocenters. The highest BCUT2D eigenvalue weighted by Gasteiger charge is 2.67. The zero-order chi connectivity index (χ0) is 19.9. The van der Waals surface area contributed by atoms with E-state index in [1.807, 2.05) is 6.92 Å². The van der Waals surface area contributed by atoms with Gasteiger partial charge in [-0.05, 0) is 55.8 Å². The summed E-state index contributed by atoms with van der Waals surface area (Å²) in [6.45, 7) is 13.0. The number of allylic oxidation sites excluding steroid dienone is 1. The molecule has 5 nitrogen and oxygen atoms in total. The Morgan fingerprint density at radius 2 is 1.85 bits per heavy atom. The van der Waals surface area contributed by atoms with Crippen molar-refractivity contribution in [1.29, 1.82) is 0 Å². The molecule has 0 N–H and O–H groups in total. The van der Waals surface area contributed by atoms with Crippen molar-refractivity contribution in [1.82, 2.24) is 0 Å². The maximum absolute atomic E-state index is 12.7. The maximum Gasteiger partial charge on any atom is 0.320 e. The van der Waals surface area contributed by atoms with E-state index in [2.05, 4.69) is 33.9 Å². The van der Waals surface area contributed by atoms with Gasteiger partial charge in [0.05, 0.1) is 11.3 Å². The summed E-state index contributed by atoms with van der Waals surface area (Å²) < 4.78 is 11.8. The van der Waals surface area contributed by atoms with Crippen LogP contribution < -0.4 is 0 Å². The second kappa shape index (κ2) is 5.63. The highest BCUT2D eigenvalue weighted by molar-refractivity contribution is 6.74. The summed E-state index contributed by atoms with van der Waals surface area (Å²) in [6, 6.07) is 0. The molecule has 1 heterocycles. The number of ether oxygens (including phenoxy) is 1. The summed E-state index contributed by atoms with van der Waals surface area (Å²) in [4.78, 5) is 37.9. The van der Waals surface area contributed by atoms with Gasteiger partial charge in [-0.15, -0.1) is 0 Å². The number of carbonyl (C=O) groups excluding carboxylic acids is 3. The maximum atomic E-state index is 12.7. The molecule has 0 aromatic rings. The van der Waals surface area contributed by atoms with Crippen molar-refractivity contribution in [3.05, 3.63) is 11.1 Å². The summed E-state index contributed by atoms with van der Waals surface area (Å²) in [5, 5.41) is 0.0962. The molecule has 4 rings (SSSR count). The Kier molecular flexibility index (Phi) is 3.97. The van der Waals surface area contributed by atoms with Crippen LogP contribution in [0.3, 0.4) is 0 Å². The molecular weight excluding hydrogens is 360 g/mol. The minimum atomic E-state index is -1.96. The number of rotatable bonds is 2. The molecule has 3 fully saturated rings. The quantitative estimate of drug-likeness (QED) is 0.408. The van der Waals surface area contributed by atoms with Crippen LogP contribution in [0.4, 0.5) is 0 Å². The van der Waals surface area contributed by atoms with Crippen molar-refractivity contribution >= 4 is 26.0 Å². The summed E-state index contributed by atoms with van der Waals surface area (Å²) in [7, 11) is -1.96. The number of fused-ring (bicyclic) bond motifs is 5. The van der Waals surface area contributed by atoms with Gasteiger partial charge in [0.2, 0.25) is 0 Å². The predicted octanol–water partition coefficient (Wildman–Crippen LogP) is 3.78. The van der Waals surface area contributed by atoms with E-state index in [0.29, 0.717) is 25.7 Å². The zero-order valence-corrected chi connectivity index (χ0v) is 18.2. The molecule has 3 aliphatic carbocycles. The Morgan fingerprint density at radius 1 is 1.19 bits per heavy atom. The van der Waals surface area contributed by atoms with Crippen LogP contribution in [0.25, 0.3) is 0 Å². The van der Waals surface area contributed by atoms with E-state index in [1.165, 1.54) is 0 Å². The minimum absolute atomic E-state index is 0.00604. The number of carbonyl (C=O) groups is 3. The molecule has 0 bridgehead atoms. The second-order valence-corrected chi connectivity index (χ2v) is 15.2. The first-order chi connectivity index (χ1) is 12.4. The molecule has 6 heteroatoms. The first-order valence-corrected chi connectivity index (χ1v) is 13.0. The highest BCUT2D eigenvalue weighted by atomic mass is 28.4. The smallest absolute Gasteiger partial charge is 0.320 e. The lowest BCUT2D eigenvalue weighted by Crippen LogP contribution is -2.46. The average molecular weight is 391 g/mol. The number of cyclic esters (lactones) is 2. The number of ketones is 1. The monoisotopic (exact) mass is 390 g/mol. The first-order valence-electron chi connectivity index (χ1n) is 10.1. The van der Waals surface area contributed by atoms with Gasteiger partial charge < -0.3 is 9.16 Å². The van der Waals surface area contributed by atoms with Gasteiger partial charge in [0.25, 0.3) is 0 Å². The largest absolute Gasteiger partial charge is 0.414 e. The molecule has 27 heavy (non-hydrogen) atoms. The van der Waals surface area contributed by atoms with Gasteiger partial charge in [-0.1, -0.05) is 26.3 Å². The molecule has 0 aromatic heterocycles. The van der Waals surface area contributed by atoms with Crippen LogP contribution in [-0.4, -0.2) is 32.1 Å². The van der Waals surface area contributed by atoms with Crippen LogP contribution in [0.1, 0.15) is 53.4 Å². The lowest BCUT2D eigenvalue weighted by atomic mass is 9.57. The Bertz CT molecular complexity index is 774. The van der Waals surface area contributed by atoms with Crippen LogP contribution in [0.15, 0.2) is 11.1 Å². The Morgan fingerprint density at radius 3 is 2.48 bits per heavy atom. The van der Waals surface area contributed by atoms with Crippen molar-refractivity contribution in [3.63, 3.8) is 0 Å². The first kappa shape index (κ1) is 19.1. The number of hydrogen-bond donors (Lipinski definition) is 0. The predicted molar refractivity (Wildman–Crippen MR) is 102 cm³/mol. The fourth-order valence-electron chi connectivity index (χ4n) is 5.56. The lowest BCUT2D eigenvalue weighted by molar-refractivity contribution is -0.155. The van der Waals surface area contributed by atoms with E-state index in [9.17, 15) is 14.4 Å². The van der Waals surface area contributed by atoms with Gasteiger partial charge in [0.1, 0.15) is 0 Å². The topological polar surface area (TPSA) is 69.7 Å². The molecule has 0 radical (unpaired) electrons. The van der Waals surface area contributed by atoms with Gasteiger partial charge in [0, 0.05) is 18.4 Å². The van der Waals surface area contributed by atoms with Gasteiger partial charge in [-0.25, -0.2) is 0 Å². The molecule has 2 saturated carbocycles. The Hall–Kier alpha value is -1.27. The third-order valence-corrected chi connectivity index (χ3v) is 12.5. The molecule has 0 unspecified atom stereocenters. The van der Waals surface area contributed by atoms with E-state index in [-0.39, 0.29) is 28.8 Å². The number of hydrogen-bond acceptors (Lipinski definition) is 5. The molecule has 1 saturated heterocycles. The standard InChI is InChI=1S/C21H30O5Si/c1-20(2,3)27(5,6)26-11-9-13-14(10-11)21(4)17(18(23)25-19(21)24)12-7-8-15(22)16(12)13/h11-12,14,17H,7-10H2,1-6H3/t11-,12-,14+,17+,21+/m0/s1. The highest BCUT2D eigenvalue weighted by Crippen LogP contribution is 2.62. The van der Waals surface area contributed by atoms with E-state index >= 15 is 0 Å². The summed E-state index contributed by atoms with van der Waals surface area (Å²) in [6.07, 6.45) is 2.53. The molecule has 148 valence electrons. The van der Waals surface area contributed by atoms with Crippen molar-refractivity contribution < 1.29 is 23.5 Å². The van der Waals surface area contributed by atoms with Crippen LogP contribution >= 0.6 is 0 Å². The molecule has 0 amide bonds. The normalized spacial score (nSPS) is 38.8. The zero-order valence-electron chi connectivity index (χ0n) is 17.2. The molecule has 0 spiro atoms. The molecule has 4 aliphatic rings. The fourth-order valence-corrected chi connectivity index (χ4v) is 6.93. The third-order valence-electron chi connectivity index (χ3n) is 7.99. The van der Waals surface area contributed by atoms with Crippen molar-refractivity contribution in [3.8, 4) is 0 Å². The fraction of sp³-hybridized carbons (Fsp3) is 0.762. The lowest BCUT2D eigenvalue weighted by Gasteiger charge is -2.41. The number of Topliss-reactive ketones (excluding diaryl/α,β-unsaturated/α-hetero) is 1. The van der Waals surface area contributed by atoms with Crippen LogP contribution in [0.2, 0.25) is 18.1 Å². The second-order valence-electron chi connectivity index (χ2n) is 10.5. The van der Waals surface area contributed by atoms with Gasteiger partial charge >= 0.3 is 11.9 Å². The van der Waals surface area contributed by atoms with Crippen LogP contribution in [0.5, 0.6) is 0 Å². The van der Waals surface area contributed by atoms with E-state index in [0.717, 1.165) is 11.1 Å². The SMILES string of the molecule is CC(C)(C)[Si](C)(C)O[C@H]1CC2=C3C(=O)CC[C@@H]3[C@@H]3C(=O)OC(=O)[C@]3(C)[C@@H]2C1. The Labute approximate surface area is 162 Å². The number of esters is 2. The minimum Gasteiger partial charge on any atom is -0.414 e. The van der Waals surface area contributed by atoms with E-state index in [1.54, 1.807) is 0 Å². The molecule has 1 aliphatic heterocycles. The average Bonchev–Trinajstić information content (AvgIpc) is 3.15. The van der Waals surface area contributed by atoms with Crippen molar-refractivity contribution in [2.24, 2.45) is 23.2 Å². The van der Waals surface area contributed by atoms with E-state index in [4.69, 9.17) is 9.16 Å². The van der Waals surface area contributed by atoms with Gasteiger partial charge in [-0.2, -0.15) is 0 Å². The molecular formula is C21H30O5Si. The third kappa shape index (κ3) is 2.48. The molecule has 0 aromatic carbocycles. The summed E-state index contributed by atoms with van der Waals surface area (Å²) in [5.41, 5.74) is 1.06. The van der Waals surface area contributed by atoms with E-state index < -0.39 is 31.6 Å².